The Bertz CT molecular complexity index is 569. The van der Waals surface area contributed by atoms with Crippen molar-refractivity contribution in [3.63, 3.8) is 0 Å². The molecular weight excluding hydrogens is 324 g/mol. The highest BCUT2D eigenvalue weighted by atomic mass is 79.9. The fourth-order valence-corrected chi connectivity index (χ4v) is 2.95. The molecule has 1 heterocycles. The Morgan fingerprint density at radius 3 is 2.81 bits per heavy atom. The summed E-state index contributed by atoms with van der Waals surface area (Å²) in [4.78, 5) is 4.28. The molecule has 1 N–H and O–H groups in total. The highest BCUT2D eigenvalue weighted by Crippen LogP contribution is 2.22. The zero-order valence-corrected chi connectivity index (χ0v) is 14.4. The monoisotopic (exact) mass is 346 g/mol. The van der Waals surface area contributed by atoms with Gasteiger partial charge >= 0.3 is 0 Å². The summed E-state index contributed by atoms with van der Waals surface area (Å²) in [7, 11) is 0. The van der Waals surface area contributed by atoms with Crippen LogP contribution in [0.15, 0.2) is 47.2 Å². The van der Waals surface area contributed by atoms with Gasteiger partial charge in [-0.05, 0) is 59.4 Å². The van der Waals surface area contributed by atoms with Gasteiger partial charge in [0.15, 0.2) is 0 Å². The standard InChI is InChI=1S/C18H23BrN2/c1-3-7-20-12-17(16-6-4-5-14(2)8-16)9-15-10-18(19)13-21-11-15/h4-6,8,10-11,13,17,20H,3,7,9,12H2,1-2H3. The smallest absolute Gasteiger partial charge is 0.0410 e. The van der Waals surface area contributed by atoms with Crippen molar-refractivity contribution in [3.05, 3.63) is 63.9 Å². The number of hydrogen-bond acceptors (Lipinski definition) is 2. The average molecular weight is 347 g/mol. The molecular formula is C18H23BrN2. The summed E-state index contributed by atoms with van der Waals surface area (Å²) < 4.78 is 1.05. The van der Waals surface area contributed by atoms with Gasteiger partial charge in [0.05, 0.1) is 0 Å². The second kappa shape index (κ2) is 8.30. The number of aromatic nitrogens is 1. The van der Waals surface area contributed by atoms with Gasteiger partial charge in [0.1, 0.15) is 0 Å². The molecule has 2 rings (SSSR count). The van der Waals surface area contributed by atoms with Gasteiger partial charge < -0.3 is 5.32 Å². The van der Waals surface area contributed by atoms with E-state index in [1.807, 2.05) is 12.4 Å². The van der Waals surface area contributed by atoms with Crippen LogP contribution in [0.25, 0.3) is 0 Å². The van der Waals surface area contributed by atoms with Gasteiger partial charge in [-0.25, -0.2) is 0 Å². The van der Waals surface area contributed by atoms with Crippen LogP contribution >= 0.6 is 15.9 Å². The van der Waals surface area contributed by atoms with Crippen molar-refractivity contribution in [1.29, 1.82) is 0 Å². The highest BCUT2D eigenvalue weighted by Gasteiger charge is 2.13. The molecule has 0 radical (unpaired) electrons. The number of aryl methyl sites for hydroxylation is 1. The molecule has 0 saturated heterocycles. The number of halogens is 1. The van der Waals surface area contributed by atoms with Gasteiger partial charge in [0, 0.05) is 29.3 Å². The fourth-order valence-electron chi connectivity index (χ4n) is 2.54. The number of hydrogen-bond donors (Lipinski definition) is 1. The predicted octanol–water partition coefficient (Wildman–Crippen LogP) is 4.48. The molecule has 3 heteroatoms. The van der Waals surface area contributed by atoms with Crippen LogP contribution in [0.4, 0.5) is 0 Å². The summed E-state index contributed by atoms with van der Waals surface area (Å²) >= 11 is 3.51. The lowest BCUT2D eigenvalue weighted by Crippen LogP contribution is -2.23. The van der Waals surface area contributed by atoms with Crippen molar-refractivity contribution in [2.75, 3.05) is 13.1 Å². The first-order chi connectivity index (χ1) is 10.2. The van der Waals surface area contributed by atoms with E-state index < -0.39 is 0 Å². The van der Waals surface area contributed by atoms with Gasteiger partial charge in [-0.3, -0.25) is 4.98 Å². The molecule has 1 unspecified atom stereocenters. The van der Waals surface area contributed by atoms with E-state index in [0.717, 1.165) is 24.0 Å². The number of rotatable bonds is 7. The van der Waals surface area contributed by atoms with Crippen LogP contribution in [0, 0.1) is 6.92 Å². The van der Waals surface area contributed by atoms with E-state index in [0.29, 0.717) is 5.92 Å². The molecule has 0 aliphatic rings. The Morgan fingerprint density at radius 2 is 2.10 bits per heavy atom. The quantitative estimate of drug-likeness (QED) is 0.747. The molecule has 0 aliphatic carbocycles. The maximum absolute atomic E-state index is 4.28. The highest BCUT2D eigenvalue weighted by molar-refractivity contribution is 9.10. The maximum atomic E-state index is 4.28. The van der Waals surface area contributed by atoms with E-state index in [-0.39, 0.29) is 0 Å². The second-order valence-corrected chi connectivity index (χ2v) is 6.45. The lowest BCUT2D eigenvalue weighted by molar-refractivity contribution is 0.576. The van der Waals surface area contributed by atoms with Gasteiger partial charge in [0.2, 0.25) is 0 Å². The van der Waals surface area contributed by atoms with Crippen molar-refractivity contribution in [3.8, 4) is 0 Å². The zero-order valence-electron chi connectivity index (χ0n) is 12.8. The molecule has 1 atom stereocenters. The molecule has 2 nitrogen and oxygen atoms in total. The summed E-state index contributed by atoms with van der Waals surface area (Å²) in [5.74, 6) is 0.479. The summed E-state index contributed by atoms with van der Waals surface area (Å²) in [6.07, 6.45) is 5.97. The molecule has 1 aromatic carbocycles. The molecule has 0 amide bonds. The minimum Gasteiger partial charge on any atom is -0.316 e. The van der Waals surface area contributed by atoms with E-state index >= 15 is 0 Å². The van der Waals surface area contributed by atoms with Crippen LogP contribution < -0.4 is 5.32 Å². The lowest BCUT2D eigenvalue weighted by atomic mass is 9.91. The first-order valence-corrected chi connectivity index (χ1v) is 8.35. The molecule has 0 bridgehead atoms. The van der Waals surface area contributed by atoms with Crippen LogP contribution in [-0.2, 0) is 6.42 Å². The molecule has 0 saturated carbocycles. The minimum absolute atomic E-state index is 0.479. The van der Waals surface area contributed by atoms with E-state index in [1.54, 1.807) is 0 Å². The molecule has 0 fully saturated rings. The molecule has 1 aromatic heterocycles. The number of pyridine rings is 1. The Kier molecular flexibility index (Phi) is 6.40. The molecule has 21 heavy (non-hydrogen) atoms. The minimum atomic E-state index is 0.479. The summed E-state index contributed by atoms with van der Waals surface area (Å²) in [5.41, 5.74) is 3.99. The van der Waals surface area contributed by atoms with Crippen LogP contribution in [-0.4, -0.2) is 18.1 Å². The first kappa shape index (κ1) is 16.2. The number of benzene rings is 1. The van der Waals surface area contributed by atoms with Crippen LogP contribution in [0.1, 0.15) is 36.0 Å². The second-order valence-electron chi connectivity index (χ2n) is 5.53. The van der Waals surface area contributed by atoms with Gasteiger partial charge in [-0.1, -0.05) is 36.8 Å². The third-order valence-corrected chi connectivity index (χ3v) is 4.01. The lowest BCUT2D eigenvalue weighted by Gasteiger charge is -2.19. The first-order valence-electron chi connectivity index (χ1n) is 7.55. The molecule has 2 aromatic rings. The van der Waals surface area contributed by atoms with Crippen LogP contribution in [0.5, 0.6) is 0 Å². The van der Waals surface area contributed by atoms with E-state index in [4.69, 9.17) is 0 Å². The fraction of sp³-hybridized carbons (Fsp3) is 0.389. The average Bonchev–Trinajstić information content (AvgIpc) is 2.46. The molecule has 0 aliphatic heterocycles. The van der Waals surface area contributed by atoms with Gasteiger partial charge in [-0.2, -0.15) is 0 Å². The van der Waals surface area contributed by atoms with E-state index in [2.05, 4.69) is 70.4 Å². The van der Waals surface area contributed by atoms with E-state index in [9.17, 15) is 0 Å². The molecule has 112 valence electrons. The third-order valence-electron chi connectivity index (χ3n) is 3.57. The van der Waals surface area contributed by atoms with E-state index in [1.165, 1.54) is 23.1 Å². The normalized spacial score (nSPS) is 12.3. The summed E-state index contributed by atoms with van der Waals surface area (Å²) in [6, 6.07) is 11.0. The van der Waals surface area contributed by atoms with Crippen LogP contribution in [0.3, 0.4) is 0 Å². The van der Waals surface area contributed by atoms with Gasteiger partial charge in [-0.15, -0.1) is 0 Å². The van der Waals surface area contributed by atoms with Gasteiger partial charge in [0.25, 0.3) is 0 Å². The number of nitrogens with zero attached hydrogens (tertiary/aromatic N) is 1. The van der Waals surface area contributed by atoms with Crippen molar-refractivity contribution in [1.82, 2.24) is 10.3 Å². The van der Waals surface area contributed by atoms with Crippen molar-refractivity contribution < 1.29 is 0 Å². The van der Waals surface area contributed by atoms with Crippen molar-refractivity contribution in [2.24, 2.45) is 0 Å². The maximum Gasteiger partial charge on any atom is 0.0410 e. The summed E-state index contributed by atoms with van der Waals surface area (Å²) in [6.45, 7) is 6.43. The Hall–Kier alpha value is -1.19. The topological polar surface area (TPSA) is 24.9 Å². The van der Waals surface area contributed by atoms with Crippen molar-refractivity contribution >= 4 is 15.9 Å². The SMILES string of the molecule is CCCNCC(Cc1cncc(Br)c1)c1cccc(C)c1. The Balaban J connectivity index is 2.15. The summed E-state index contributed by atoms with van der Waals surface area (Å²) in [5, 5.41) is 3.56. The third kappa shape index (κ3) is 5.25. The van der Waals surface area contributed by atoms with Crippen LogP contribution in [0.2, 0.25) is 0 Å². The zero-order chi connectivity index (χ0) is 15.1. The molecule has 0 spiro atoms. The predicted molar refractivity (Wildman–Crippen MR) is 92.7 cm³/mol. The van der Waals surface area contributed by atoms with Crippen molar-refractivity contribution in [2.45, 2.75) is 32.6 Å². The Morgan fingerprint density at radius 1 is 1.24 bits per heavy atom. The largest absolute Gasteiger partial charge is 0.316 e. The Labute approximate surface area is 136 Å². The number of nitrogens with one attached hydrogen (secondary N) is 1.